The van der Waals surface area contributed by atoms with Crippen LogP contribution in [-0.2, 0) is 4.79 Å². The lowest BCUT2D eigenvalue weighted by Crippen LogP contribution is -2.07. The van der Waals surface area contributed by atoms with Crippen LogP contribution in [0.25, 0.3) is 16.3 Å². The Hall–Kier alpha value is -2.46. The molecule has 110 valence electrons. The van der Waals surface area contributed by atoms with Gasteiger partial charge in [0.05, 0.1) is 10.2 Å². The molecule has 0 bridgehead atoms. The zero-order valence-corrected chi connectivity index (χ0v) is 13.3. The number of carbonyl (C=O) groups excluding carboxylic acids is 1. The normalized spacial score (nSPS) is 11.2. The second-order valence-electron chi connectivity index (χ2n) is 5.18. The maximum Gasteiger partial charge on any atom is 0.250 e. The van der Waals surface area contributed by atoms with E-state index in [1.165, 1.54) is 28.5 Å². The second kappa shape index (κ2) is 6.12. The maximum atomic E-state index is 12.0. The van der Waals surface area contributed by atoms with Crippen molar-refractivity contribution < 1.29 is 4.79 Å². The summed E-state index contributed by atoms with van der Waals surface area (Å²) in [4.78, 5) is 16.5. The number of anilines is 1. The van der Waals surface area contributed by atoms with Gasteiger partial charge in [0, 0.05) is 6.08 Å². The minimum absolute atomic E-state index is 0.169. The van der Waals surface area contributed by atoms with Crippen molar-refractivity contribution in [1.82, 2.24) is 4.98 Å². The van der Waals surface area contributed by atoms with Gasteiger partial charge in [0.25, 0.3) is 0 Å². The number of thiazole rings is 1. The van der Waals surface area contributed by atoms with Crippen LogP contribution in [0.4, 0.5) is 5.13 Å². The molecular weight excluding hydrogens is 292 g/mol. The summed E-state index contributed by atoms with van der Waals surface area (Å²) in [7, 11) is 0. The van der Waals surface area contributed by atoms with E-state index < -0.39 is 0 Å². The molecule has 1 aromatic heterocycles. The van der Waals surface area contributed by atoms with E-state index in [-0.39, 0.29) is 5.91 Å². The third kappa shape index (κ3) is 3.23. The molecule has 1 N–H and O–H groups in total. The van der Waals surface area contributed by atoms with Crippen molar-refractivity contribution in [3.05, 3.63) is 65.2 Å². The van der Waals surface area contributed by atoms with Gasteiger partial charge < -0.3 is 0 Å². The molecule has 22 heavy (non-hydrogen) atoms. The number of rotatable bonds is 3. The summed E-state index contributed by atoms with van der Waals surface area (Å²) in [6.45, 7) is 4.11. The van der Waals surface area contributed by atoms with Crippen molar-refractivity contribution in [2.75, 3.05) is 5.32 Å². The van der Waals surface area contributed by atoms with Gasteiger partial charge in [0.15, 0.2) is 5.13 Å². The van der Waals surface area contributed by atoms with Crippen molar-refractivity contribution in [2.45, 2.75) is 13.8 Å². The lowest BCUT2D eigenvalue weighted by molar-refractivity contribution is -0.111. The molecule has 0 spiro atoms. The Bertz CT molecular complexity index is 850. The zero-order chi connectivity index (χ0) is 15.5. The number of nitrogens with one attached hydrogen (secondary N) is 1. The van der Waals surface area contributed by atoms with Crippen LogP contribution in [0.1, 0.15) is 16.7 Å². The molecule has 0 radical (unpaired) electrons. The first-order valence-electron chi connectivity index (χ1n) is 7.04. The highest BCUT2D eigenvalue weighted by atomic mass is 32.1. The van der Waals surface area contributed by atoms with Crippen LogP contribution >= 0.6 is 11.3 Å². The Balaban J connectivity index is 1.77. The average Bonchev–Trinajstić information content (AvgIpc) is 2.89. The fourth-order valence-corrected chi connectivity index (χ4v) is 3.23. The molecule has 0 aliphatic rings. The Morgan fingerprint density at radius 3 is 2.73 bits per heavy atom. The van der Waals surface area contributed by atoms with Gasteiger partial charge in [-0.1, -0.05) is 47.7 Å². The fraction of sp³-hybridized carbons (Fsp3) is 0.111. The minimum atomic E-state index is -0.169. The van der Waals surface area contributed by atoms with Crippen molar-refractivity contribution in [3.8, 4) is 0 Å². The highest BCUT2D eigenvalue weighted by Crippen LogP contribution is 2.29. The molecule has 4 heteroatoms. The topological polar surface area (TPSA) is 42.0 Å². The Morgan fingerprint density at radius 2 is 1.95 bits per heavy atom. The minimum Gasteiger partial charge on any atom is -0.298 e. The molecule has 0 fully saturated rings. The van der Waals surface area contributed by atoms with Crippen molar-refractivity contribution in [3.63, 3.8) is 0 Å². The molecule has 0 unspecified atom stereocenters. The van der Waals surface area contributed by atoms with Gasteiger partial charge in [-0.05, 0) is 42.7 Å². The van der Waals surface area contributed by atoms with Crippen molar-refractivity contribution in [2.24, 2.45) is 0 Å². The molecule has 0 aliphatic heterocycles. The highest BCUT2D eigenvalue weighted by molar-refractivity contribution is 7.22. The van der Waals surface area contributed by atoms with E-state index in [1.807, 2.05) is 43.3 Å². The number of hydrogen-bond acceptors (Lipinski definition) is 3. The van der Waals surface area contributed by atoms with Gasteiger partial charge in [0.2, 0.25) is 5.91 Å². The average molecular weight is 308 g/mol. The van der Waals surface area contributed by atoms with Crippen LogP contribution in [0, 0.1) is 13.8 Å². The van der Waals surface area contributed by atoms with Gasteiger partial charge in [-0.15, -0.1) is 0 Å². The van der Waals surface area contributed by atoms with E-state index in [4.69, 9.17) is 0 Å². The van der Waals surface area contributed by atoms with Crippen LogP contribution in [0.3, 0.4) is 0 Å². The van der Waals surface area contributed by atoms with Crippen molar-refractivity contribution in [1.29, 1.82) is 0 Å². The summed E-state index contributed by atoms with van der Waals surface area (Å²) in [5.74, 6) is -0.169. The Labute approximate surface area is 133 Å². The number of aryl methyl sites for hydroxylation is 2. The third-order valence-corrected chi connectivity index (χ3v) is 4.40. The van der Waals surface area contributed by atoms with Gasteiger partial charge in [0.1, 0.15) is 0 Å². The number of benzene rings is 2. The summed E-state index contributed by atoms with van der Waals surface area (Å²) in [6, 6.07) is 13.9. The largest absolute Gasteiger partial charge is 0.298 e. The van der Waals surface area contributed by atoms with Crippen LogP contribution in [0.5, 0.6) is 0 Å². The summed E-state index contributed by atoms with van der Waals surface area (Å²) >= 11 is 1.51. The number of fused-ring (bicyclic) bond motifs is 1. The number of nitrogens with zero attached hydrogens (tertiary/aromatic N) is 1. The number of carbonyl (C=O) groups is 1. The number of aromatic nitrogens is 1. The molecule has 3 aromatic rings. The molecule has 3 rings (SSSR count). The van der Waals surface area contributed by atoms with Gasteiger partial charge in [-0.3, -0.25) is 10.1 Å². The molecule has 0 aliphatic carbocycles. The summed E-state index contributed by atoms with van der Waals surface area (Å²) in [5.41, 5.74) is 4.29. The number of hydrogen-bond donors (Lipinski definition) is 1. The smallest absolute Gasteiger partial charge is 0.250 e. The summed E-state index contributed by atoms with van der Waals surface area (Å²) in [6.07, 6.45) is 3.32. The van der Waals surface area contributed by atoms with Crippen LogP contribution in [-0.4, -0.2) is 10.9 Å². The highest BCUT2D eigenvalue weighted by Gasteiger charge is 2.08. The molecule has 0 atom stereocenters. The van der Waals surface area contributed by atoms with Crippen LogP contribution in [0.2, 0.25) is 0 Å². The summed E-state index contributed by atoms with van der Waals surface area (Å²) < 4.78 is 1.12. The predicted molar refractivity (Wildman–Crippen MR) is 93.2 cm³/mol. The Morgan fingerprint density at radius 1 is 1.18 bits per heavy atom. The molecule has 3 nitrogen and oxygen atoms in total. The van der Waals surface area contributed by atoms with Gasteiger partial charge >= 0.3 is 0 Å². The lowest BCUT2D eigenvalue weighted by atomic mass is 10.1. The van der Waals surface area contributed by atoms with Crippen LogP contribution in [0.15, 0.2) is 48.5 Å². The molecule has 1 heterocycles. The van der Waals surface area contributed by atoms with Crippen molar-refractivity contribution >= 4 is 38.7 Å². The van der Waals surface area contributed by atoms with Gasteiger partial charge in [-0.2, -0.15) is 0 Å². The maximum absolute atomic E-state index is 12.0. The fourth-order valence-electron chi connectivity index (χ4n) is 2.31. The second-order valence-corrected chi connectivity index (χ2v) is 6.18. The summed E-state index contributed by atoms with van der Waals surface area (Å²) in [5, 5.41) is 3.46. The molecule has 0 saturated heterocycles. The molecule has 2 aromatic carbocycles. The lowest BCUT2D eigenvalue weighted by Gasteiger charge is -1.95. The first-order valence-corrected chi connectivity index (χ1v) is 7.85. The molecular formula is C18H16N2OS. The van der Waals surface area contributed by atoms with E-state index in [0.717, 1.165) is 15.8 Å². The first-order chi connectivity index (χ1) is 10.6. The van der Waals surface area contributed by atoms with E-state index >= 15 is 0 Å². The quantitative estimate of drug-likeness (QED) is 0.720. The predicted octanol–water partition coefficient (Wildman–Crippen LogP) is 4.57. The first kappa shape index (κ1) is 14.5. The SMILES string of the molecule is Cc1cc(C)c2sc(NC(=O)/C=C/c3ccccc3)nc2c1. The van der Waals surface area contributed by atoms with Crippen LogP contribution < -0.4 is 5.32 Å². The zero-order valence-electron chi connectivity index (χ0n) is 12.5. The van der Waals surface area contributed by atoms with E-state index in [1.54, 1.807) is 6.08 Å². The van der Waals surface area contributed by atoms with E-state index in [0.29, 0.717) is 5.13 Å². The van der Waals surface area contributed by atoms with Gasteiger partial charge in [-0.25, -0.2) is 4.98 Å². The standard InChI is InChI=1S/C18H16N2OS/c1-12-10-13(2)17-15(11-12)19-18(22-17)20-16(21)9-8-14-6-4-3-5-7-14/h3-11H,1-2H3,(H,19,20,21)/b9-8+. The molecule has 0 saturated carbocycles. The number of amides is 1. The monoisotopic (exact) mass is 308 g/mol. The van der Waals surface area contributed by atoms with E-state index in [9.17, 15) is 4.79 Å². The Kier molecular flexibility index (Phi) is 4.02. The third-order valence-electron chi connectivity index (χ3n) is 3.28. The van der Waals surface area contributed by atoms with E-state index in [2.05, 4.69) is 23.3 Å². The molecule has 1 amide bonds.